The van der Waals surface area contributed by atoms with Gasteiger partial charge in [-0.15, -0.1) is 0 Å². The minimum Gasteiger partial charge on any atom is -0.402 e. The van der Waals surface area contributed by atoms with Gasteiger partial charge >= 0.3 is 7.12 Å². The van der Waals surface area contributed by atoms with E-state index in [0.717, 1.165) is 5.46 Å². The number of benzene rings is 1. The lowest BCUT2D eigenvalue weighted by Crippen LogP contribution is -2.35. The van der Waals surface area contributed by atoms with E-state index in [1.165, 1.54) is 6.21 Å². The molecular formula is C12H17BN2O2. The molecule has 2 rings (SSSR count). The zero-order valence-corrected chi connectivity index (χ0v) is 10.4. The van der Waals surface area contributed by atoms with Crippen LogP contribution in [0, 0.1) is 5.41 Å². The van der Waals surface area contributed by atoms with Crippen LogP contribution in [0.4, 0.5) is 5.69 Å². The van der Waals surface area contributed by atoms with Crippen LogP contribution in [0.15, 0.2) is 18.2 Å². The first-order valence-corrected chi connectivity index (χ1v) is 5.67. The SMILES string of the molecule is CC1OB(c2ccc(N)c(C=N)c2)OC1(C)C. The van der Waals surface area contributed by atoms with E-state index in [1.807, 2.05) is 32.9 Å². The minimum atomic E-state index is -0.376. The number of hydrogen-bond donors (Lipinski definition) is 2. The lowest BCUT2D eigenvalue weighted by molar-refractivity contribution is 0.0842. The molecule has 0 spiro atoms. The highest BCUT2D eigenvalue weighted by Crippen LogP contribution is 2.26. The van der Waals surface area contributed by atoms with Crippen molar-refractivity contribution in [3.63, 3.8) is 0 Å². The highest BCUT2D eigenvalue weighted by Gasteiger charge is 2.43. The Morgan fingerprint density at radius 1 is 1.47 bits per heavy atom. The van der Waals surface area contributed by atoms with Crippen LogP contribution < -0.4 is 11.2 Å². The summed E-state index contributed by atoms with van der Waals surface area (Å²) in [5, 5.41) is 7.28. The van der Waals surface area contributed by atoms with Crippen LogP contribution in [0.3, 0.4) is 0 Å². The van der Waals surface area contributed by atoms with Gasteiger partial charge in [-0.3, -0.25) is 0 Å². The Morgan fingerprint density at radius 3 is 2.71 bits per heavy atom. The molecule has 1 aliphatic heterocycles. The Balaban J connectivity index is 2.28. The minimum absolute atomic E-state index is 0.0356. The van der Waals surface area contributed by atoms with Gasteiger partial charge in [0.25, 0.3) is 0 Å². The summed E-state index contributed by atoms with van der Waals surface area (Å²) in [5.74, 6) is 0. The first-order valence-electron chi connectivity index (χ1n) is 5.67. The zero-order chi connectivity index (χ0) is 12.6. The number of nitrogen functional groups attached to an aromatic ring is 1. The molecule has 1 fully saturated rings. The third-order valence-corrected chi connectivity index (χ3v) is 3.26. The second-order valence-electron chi connectivity index (χ2n) is 4.86. The van der Waals surface area contributed by atoms with E-state index in [2.05, 4.69) is 0 Å². The molecule has 1 aromatic rings. The van der Waals surface area contributed by atoms with Gasteiger partial charge in [0.05, 0.1) is 11.7 Å². The van der Waals surface area contributed by atoms with Gasteiger partial charge in [0.2, 0.25) is 0 Å². The lowest BCUT2D eigenvalue weighted by atomic mass is 9.78. The molecule has 90 valence electrons. The molecule has 5 heteroatoms. The topological polar surface area (TPSA) is 68.3 Å². The van der Waals surface area contributed by atoms with Crippen LogP contribution in [0.5, 0.6) is 0 Å². The molecule has 17 heavy (non-hydrogen) atoms. The Bertz CT molecular complexity index is 448. The maximum absolute atomic E-state index is 7.28. The zero-order valence-electron chi connectivity index (χ0n) is 10.4. The Kier molecular flexibility index (Phi) is 2.97. The Hall–Kier alpha value is -1.33. The summed E-state index contributed by atoms with van der Waals surface area (Å²) < 4.78 is 11.6. The summed E-state index contributed by atoms with van der Waals surface area (Å²) in [5.41, 5.74) is 7.63. The van der Waals surface area contributed by atoms with Crippen molar-refractivity contribution in [2.75, 3.05) is 5.73 Å². The summed E-state index contributed by atoms with van der Waals surface area (Å²) in [6.07, 6.45) is 1.27. The lowest BCUT2D eigenvalue weighted by Gasteiger charge is -2.21. The second-order valence-corrected chi connectivity index (χ2v) is 4.86. The fourth-order valence-electron chi connectivity index (χ4n) is 1.76. The van der Waals surface area contributed by atoms with Crippen molar-refractivity contribution < 1.29 is 9.31 Å². The van der Waals surface area contributed by atoms with Crippen molar-refractivity contribution in [1.29, 1.82) is 5.41 Å². The summed E-state index contributed by atoms with van der Waals surface area (Å²) in [6.45, 7) is 6.01. The van der Waals surface area contributed by atoms with Gasteiger partial charge in [-0.05, 0) is 32.3 Å². The van der Waals surface area contributed by atoms with E-state index in [9.17, 15) is 0 Å². The molecule has 0 bridgehead atoms. The normalized spacial score (nSPS) is 22.8. The predicted octanol–water partition coefficient (Wildman–Crippen LogP) is 1.18. The molecule has 0 saturated carbocycles. The van der Waals surface area contributed by atoms with E-state index >= 15 is 0 Å². The van der Waals surface area contributed by atoms with Crippen molar-refractivity contribution in [3.8, 4) is 0 Å². The molecule has 1 aromatic carbocycles. The molecule has 4 nitrogen and oxygen atoms in total. The summed E-state index contributed by atoms with van der Waals surface area (Å²) >= 11 is 0. The first-order chi connectivity index (χ1) is 7.94. The van der Waals surface area contributed by atoms with Crippen molar-refractivity contribution in [2.24, 2.45) is 0 Å². The number of anilines is 1. The van der Waals surface area contributed by atoms with E-state index < -0.39 is 0 Å². The fraction of sp³-hybridized carbons (Fsp3) is 0.417. The van der Waals surface area contributed by atoms with Gasteiger partial charge in [0.1, 0.15) is 0 Å². The number of rotatable bonds is 2. The summed E-state index contributed by atoms with van der Waals surface area (Å²) in [6, 6.07) is 5.49. The quantitative estimate of drug-likeness (QED) is 0.457. The highest BCUT2D eigenvalue weighted by molar-refractivity contribution is 6.62. The molecule has 1 saturated heterocycles. The van der Waals surface area contributed by atoms with Crippen LogP contribution in [-0.4, -0.2) is 25.0 Å². The number of nitrogens with two attached hydrogens (primary N) is 1. The maximum atomic E-state index is 7.28. The third kappa shape index (κ3) is 2.21. The Morgan fingerprint density at radius 2 is 2.18 bits per heavy atom. The summed E-state index contributed by atoms with van der Waals surface area (Å²) in [7, 11) is -0.376. The molecule has 1 atom stereocenters. The molecule has 0 amide bonds. The van der Waals surface area contributed by atoms with Crippen LogP contribution in [0.1, 0.15) is 26.3 Å². The molecule has 1 heterocycles. The van der Waals surface area contributed by atoms with E-state index in [1.54, 1.807) is 6.07 Å². The van der Waals surface area contributed by atoms with E-state index in [0.29, 0.717) is 11.3 Å². The standard InChI is InChI=1S/C12H17BN2O2/c1-8-12(2,3)17-13(16-8)10-4-5-11(15)9(6-10)7-14/h4-8,14H,15H2,1-3H3. The molecule has 0 radical (unpaired) electrons. The number of hydrogen-bond acceptors (Lipinski definition) is 4. The van der Waals surface area contributed by atoms with Gasteiger partial charge < -0.3 is 20.5 Å². The predicted molar refractivity (Wildman–Crippen MR) is 69.8 cm³/mol. The molecule has 0 aliphatic carbocycles. The largest absolute Gasteiger partial charge is 0.494 e. The van der Waals surface area contributed by atoms with Gasteiger partial charge in [-0.2, -0.15) is 0 Å². The summed E-state index contributed by atoms with van der Waals surface area (Å²) in [4.78, 5) is 0. The number of nitrogens with one attached hydrogen (secondary N) is 1. The van der Waals surface area contributed by atoms with Gasteiger partial charge in [0, 0.05) is 17.5 Å². The maximum Gasteiger partial charge on any atom is 0.494 e. The molecule has 0 aromatic heterocycles. The van der Waals surface area contributed by atoms with E-state index in [-0.39, 0.29) is 18.8 Å². The fourth-order valence-corrected chi connectivity index (χ4v) is 1.76. The van der Waals surface area contributed by atoms with Crippen molar-refractivity contribution in [2.45, 2.75) is 32.5 Å². The van der Waals surface area contributed by atoms with Crippen LogP contribution >= 0.6 is 0 Å². The van der Waals surface area contributed by atoms with Gasteiger partial charge in [0.15, 0.2) is 0 Å². The monoisotopic (exact) mass is 232 g/mol. The highest BCUT2D eigenvalue weighted by atomic mass is 16.7. The van der Waals surface area contributed by atoms with Gasteiger partial charge in [-0.25, -0.2) is 0 Å². The van der Waals surface area contributed by atoms with Crippen LogP contribution in [0.25, 0.3) is 0 Å². The first kappa shape index (κ1) is 12.1. The average molecular weight is 232 g/mol. The molecule has 1 unspecified atom stereocenters. The average Bonchev–Trinajstić information content (AvgIpc) is 2.54. The third-order valence-electron chi connectivity index (χ3n) is 3.26. The Labute approximate surface area is 102 Å². The van der Waals surface area contributed by atoms with Crippen LogP contribution in [0.2, 0.25) is 0 Å². The molecule has 1 aliphatic rings. The second kappa shape index (κ2) is 4.16. The smallest absolute Gasteiger partial charge is 0.402 e. The van der Waals surface area contributed by atoms with Crippen molar-refractivity contribution >= 4 is 24.5 Å². The van der Waals surface area contributed by atoms with Crippen molar-refractivity contribution in [1.82, 2.24) is 0 Å². The van der Waals surface area contributed by atoms with E-state index in [4.69, 9.17) is 20.5 Å². The van der Waals surface area contributed by atoms with Gasteiger partial charge in [-0.1, -0.05) is 12.1 Å². The molecule has 3 N–H and O–H groups in total. The molecular weight excluding hydrogens is 215 g/mol. The van der Waals surface area contributed by atoms with Crippen molar-refractivity contribution in [3.05, 3.63) is 23.8 Å². The van der Waals surface area contributed by atoms with Crippen LogP contribution in [-0.2, 0) is 9.31 Å².